The van der Waals surface area contributed by atoms with Crippen LogP contribution in [-0.4, -0.2) is 32.9 Å². The van der Waals surface area contributed by atoms with Gasteiger partial charge in [-0.1, -0.05) is 19.8 Å². The molecule has 7 nitrogen and oxygen atoms in total. The SMILES string of the molecule is CCCC[C@](C)(CNC(C)=O)Nc1nc(N)nc2cc(Br)cnc12. The Morgan fingerprint density at radius 2 is 2.17 bits per heavy atom. The highest BCUT2D eigenvalue weighted by atomic mass is 79.9. The molecule has 2 aromatic rings. The van der Waals surface area contributed by atoms with Gasteiger partial charge in [-0.25, -0.2) is 9.97 Å². The lowest BCUT2D eigenvalue weighted by Crippen LogP contribution is -2.46. The highest BCUT2D eigenvalue weighted by molar-refractivity contribution is 9.10. The van der Waals surface area contributed by atoms with Gasteiger partial charge in [-0.2, -0.15) is 4.98 Å². The Balaban J connectivity index is 2.37. The maximum absolute atomic E-state index is 11.3. The van der Waals surface area contributed by atoms with Crippen molar-refractivity contribution in [2.45, 2.75) is 45.6 Å². The first-order valence-electron chi connectivity index (χ1n) is 7.94. The minimum absolute atomic E-state index is 0.0614. The normalized spacial score (nSPS) is 13.5. The summed E-state index contributed by atoms with van der Waals surface area (Å²) in [6.45, 7) is 6.19. The van der Waals surface area contributed by atoms with E-state index in [1.54, 1.807) is 6.20 Å². The summed E-state index contributed by atoms with van der Waals surface area (Å²) in [5.41, 5.74) is 6.80. The zero-order valence-corrected chi connectivity index (χ0v) is 15.8. The van der Waals surface area contributed by atoms with Crippen LogP contribution in [0.2, 0.25) is 0 Å². The average Bonchev–Trinajstić information content (AvgIpc) is 2.50. The zero-order valence-electron chi connectivity index (χ0n) is 14.2. The number of amides is 1. The quantitative estimate of drug-likeness (QED) is 0.666. The number of unbranched alkanes of at least 4 members (excludes halogenated alkanes) is 1. The van der Waals surface area contributed by atoms with Crippen LogP contribution in [0.5, 0.6) is 0 Å². The van der Waals surface area contributed by atoms with Crippen molar-refractivity contribution in [3.63, 3.8) is 0 Å². The summed E-state index contributed by atoms with van der Waals surface area (Å²) in [7, 11) is 0. The minimum Gasteiger partial charge on any atom is -0.368 e. The van der Waals surface area contributed by atoms with Crippen molar-refractivity contribution in [1.82, 2.24) is 20.3 Å². The number of carbonyl (C=O) groups is 1. The van der Waals surface area contributed by atoms with Crippen LogP contribution >= 0.6 is 15.9 Å². The molecule has 130 valence electrons. The van der Waals surface area contributed by atoms with E-state index in [-0.39, 0.29) is 17.4 Å². The van der Waals surface area contributed by atoms with E-state index in [0.717, 1.165) is 23.7 Å². The smallest absolute Gasteiger partial charge is 0.222 e. The second kappa shape index (κ2) is 7.74. The molecule has 2 rings (SSSR count). The molecule has 0 radical (unpaired) electrons. The first kappa shape index (κ1) is 18.4. The maximum atomic E-state index is 11.3. The molecule has 24 heavy (non-hydrogen) atoms. The van der Waals surface area contributed by atoms with Gasteiger partial charge in [0.05, 0.1) is 11.1 Å². The third kappa shape index (κ3) is 4.77. The molecule has 0 saturated heterocycles. The second-order valence-corrected chi connectivity index (χ2v) is 7.07. The lowest BCUT2D eigenvalue weighted by Gasteiger charge is -2.32. The number of fused-ring (bicyclic) bond motifs is 1. The summed E-state index contributed by atoms with van der Waals surface area (Å²) in [5.74, 6) is 0.699. The van der Waals surface area contributed by atoms with E-state index in [2.05, 4.69) is 55.4 Å². The molecule has 4 N–H and O–H groups in total. The van der Waals surface area contributed by atoms with E-state index in [9.17, 15) is 4.79 Å². The number of pyridine rings is 1. The summed E-state index contributed by atoms with van der Waals surface area (Å²) in [6.07, 6.45) is 4.67. The number of halogens is 1. The number of nitrogens with zero attached hydrogens (tertiary/aromatic N) is 3. The molecule has 0 aliphatic heterocycles. The molecule has 0 unspecified atom stereocenters. The largest absolute Gasteiger partial charge is 0.368 e. The molecule has 0 bridgehead atoms. The van der Waals surface area contributed by atoms with Crippen LogP contribution in [0.25, 0.3) is 11.0 Å². The van der Waals surface area contributed by atoms with Gasteiger partial charge < -0.3 is 16.4 Å². The Kier molecular flexibility index (Phi) is 5.93. The highest BCUT2D eigenvalue weighted by Gasteiger charge is 2.26. The number of anilines is 2. The van der Waals surface area contributed by atoms with Crippen molar-refractivity contribution < 1.29 is 4.79 Å². The van der Waals surface area contributed by atoms with E-state index in [1.165, 1.54) is 6.92 Å². The Morgan fingerprint density at radius 3 is 2.83 bits per heavy atom. The van der Waals surface area contributed by atoms with Crippen LogP contribution in [0.4, 0.5) is 11.8 Å². The van der Waals surface area contributed by atoms with Gasteiger partial charge in [0, 0.05) is 24.1 Å². The Labute approximate surface area is 150 Å². The number of rotatable bonds is 7. The lowest BCUT2D eigenvalue weighted by molar-refractivity contribution is -0.119. The van der Waals surface area contributed by atoms with Crippen LogP contribution in [-0.2, 0) is 4.79 Å². The van der Waals surface area contributed by atoms with Gasteiger partial charge in [0.1, 0.15) is 5.52 Å². The fourth-order valence-corrected chi connectivity index (χ4v) is 2.79. The molecule has 0 spiro atoms. The fraction of sp³-hybridized carbons (Fsp3) is 0.500. The molecule has 2 aromatic heterocycles. The van der Waals surface area contributed by atoms with Crippen molar-refractivity contribution in [3.05, 3.63) is 16.7 Å². The van der Waals surface area contributed by atoms with Gasteiger partial charge in [0.15, 0.2) is 5.82 Å². The van der Waals surface area contributed by atoms with Gasteiger partial charge in [-0.05, 0) is 35.3 Å². The fourth-order valence-electron chi connectivity index (χ4n) is 2.47. The summed E-state index contributed by atoms with van der Waals surface area (Å²) in [6, 6.07) is 1.85. The van der Waals surface area contributed by atoms with Gasteiger partial charge in [0.25, 0.3) is 0 Å². The van der Waals surface area contributed by atoms with Crippen molar-refractivity contribution >= 4 is 44.6 Å². The molecule has 1 amide bonds. The third-order valence-electron chi connectivity index (χ3n) is 3.75. The molecule has 8 heteroatoms. The van der Waals surface area contributed by atoms with E-state index in [1.807, 2.05) is 6.07 Å². The maximum Gasteiger partial charge on any atom is 0.222 e. The summed E-state index contributed by atoms with van der Waals surface area (Å²) < 4.78 is 0.825. The number of nitrogens with one attached hydrogen (secondary N) is 2. The van der Waals surface area contributed by atoms with Crippen molar-refractivity contribution in [2.24, 2.45) is 0 Å². The molecular weight excluding hydrogens is 372 g/mol. The number of hydrogen-bond donors (Lipinski definition) is 3. The van der Waals surface area contributed by atoms with Gasteiger partial charge in [0.2, 0.25) is 11.9 Å². The average molecular weight is 395 g/mol. The standard InChI is InChI=1S/C16H23BrN6O/c1-4-5-6-16(3,9-20-10(2)24)23-14-13-12(21-15(18)22-14)7-11(17)8-19-13/h7-8H,4-6,9H2,1-3H3,(H,20,24)(H3,18,21,22,23)/t16-/m1/s1. The third-order valence-corrected chi connectivity index (χ3v) is 4.18. The van der Waals surface area contributed by atoms with Crippen LogP contribution in [0.1, 0.15) is 40.0 Å². The second-order valence-electron chi connectivity index (χ2n) is 6.15. The Morgan fingerprint density at radius 1 is 1.42 bits per heavy atom. The van der Waals surface area contributed by atoms with Gasteiger partial charge in [-0.15, -0.1) is 0 Å². The van der Waals surface area contributed by atoms with Crippen LogP contribution in [0, 0.1) is 0 Å². The first-order valence-corrected chi connectivity index (χ1v) is 8.73. The van der Waals surface area contributed by atoms with Crippen molar-refractivity contribution in [3.8, 4) is 0 Å². The predicted molar refractivity (Wildman–Crippen MR) is 99.7 cm³/mol. The zero-order chi connectivity index (χ0) is 17.7. The molecule has 0 aliphatic carbocycles. The molecule has 0 saturated carbocycles. The van der Waals surface area contributed by atoms with Crippen molar-refractivity contribution in [1.29, 1.82) is 0 Å². The number of aromatic nitrogens is 3. The van der Waals surface area contributed by atoms with E-state index < -0.39 is 0 Å². The van der Waals surface area contributed by atoms with Crippen LogP contribution in [0.3, 0.4) is 0 Å². The summed E-state index contributed by atoms with van der Waals surface area (Å²) in [4.78, 5) is 24.3. The number of nitrogen functional groups attached to an aromatic ring is 1. The van der Waals surface area contributed by atoms with Crippen LogP contribution < -0.4 is 16.4 Å². The van der Waals surface area contributed by atoms with Crippen LogP contribution in [0.15, 0.2) is 16.7 Å². The predicted octanol–water partition coefficient (Wildman–Crippen LogP) is 2.87. The highest BCUT2D eigenvalue weighted by Crippen LogP contribution is 2.26. The Hall–Kier alpha value is -1.96. The number of carbonyl (C=O) groups excluding carboxylic acids is 1. The molecule has 1 atom stereocenters. The molecule has 0 fully saturated rings. The molecular formula is C16H23BrN6O. The number of nitrogens with two attached hydrogens (primary N) is 1. The van der Waals surface area contributed by atoms with E-state index >= 15 is 0 Å². The molecule has 2 heterocycles. The molecule has 0 aromatic carbocycles. The van der Waals surface area contributed by atoms with E-state index in [4.69, 9.17) is 5.73 Å². The van der Waals surface area contributed by atoms with Gasteiger partial charge in [-0.3, -0.25) is 4.79 Å². The minimum atomic E-state index is -0.357. The van der Waals surface area contributed by atoms with E-state index in [0.29, 0.717) is 23.4 Å². The summed E-state index contributed by atoms with van der Waals surface area (Å²) >= 11 is 3.39. The first-order chi connectivity index (χ1) is 11.3. The van der Waals surface area contributed by atoms with Crippen molar-refractivity contribution in [2.75, 3.05) is 17.6 Å². The number of hydrogen-bond acceptors (Lipinski definition) is 6. The van der Waals surface area contributed by atoms with Gasteiger partial charge >= 0.3 is 0 Å². The topological polar surface area (TPSA) is 106 Å². The monoisotopic (exact) mass is 394 g/mol. The summed E-state index contributed by atoms with van der Waals surface area (Å²) in [5, 5.41) is 6.31. The lowest BCUT2D eigenvalue weighted by atomic mass is 9.94. The molecule has 0 aliphatic rings. The Bertz CT molecular complexity index is 733.